The molecule has 1 saturated carbocycles. The Morgan fingerprint density at radius 3 is 1.48 bits per heavy atom. The molecule has 0 saturated heterocycles. The Balaban J connectivity index is 2.79. The first-order chi connectivity index (χ1) is 10.3. The molecule has 0 heterocycles. The molecule has 1 N–H and O–H groups in total. The fourth-order valence-corrected chi connectivity index (χ4v) is 2.45. The van der Waals surface area contributed by atoms with Crippen molar-refractivity contribution in [1.82, 2.24) is 0 Å². The Kier molecular flexibility index (Phi) is 7.12. The Hall–Kier alpha value is -0.130. The fourth-order valence-electron chi connectivity index (χ4n) is 2.19. The van der Waals surface area contributed by atoms with E-state index in [-0.39, 0.29) is 12.8 Å². The van der Waals surface area contributed by atoms with E-state index in [2.05, 4.69) is 0 Å². The molecule has 0 aromatic heterocycles. The largest absolute Gasteiger partial charge is 0.481 e. The quantitative estimate of drug-likeness (QED) is 0.321. The number of esters is 2. The summed E-state index contributed by atoms with van der Waals surface area (Å²) in [4.78, 5) is 35.3. The van der Waals surface area contributed by atoms with Crippen molar-refractivity contribution in [3.63, 3.8) is 0 Å². The number of rotatable bonds is 5. The molecule has 1 fully saturated rings. The Morgan fingerprint density at radius 2 is 1.22 bits per heavy atom. The van der Waals surface area contributed by atoms with Crippen molar-refractivity contribution in [1.29, 1.82) is 0 Å². The predicted molar refractivity (Wildman–Crippen MR) is 101 cm³/mol. The van der Waals surface area contributed by atoms with E-state index >= 15 is 0 Å². The summed E-state index contributed by atoms with van der Waals surface area (Å²) in [7, 11) is 0. The lowest BCUT2D eigenvalue weighted by atomic mass is 9.85. The van der Waals surface area contributed by atoms with Gasteiger partial charge in [0.2, 0.25) is 0 Å². The number of halogens is 2. The van der Waals surface area contributed by atoms with Gasteiger partial charge in [-0.05, 0) is 40.5 Å². The van der Waals surface area contributed by atoms with E-state index < -0.39 is 42.9 Å². The van der Waals surface area contributed by atoms with Crippen LogP contribution in [0.15, 0.2) is 0 Å². The third-order valence-corrected chi connectivity index (χ3v) is 4.37. The monoisotopic (exact) mass is 552 g/mol. The highest BCUT2D eigenvalue weighted by Gasteiger charge is 2.39. The zero-order chi connectivity index (χ0) is 18.0. The normalized spacial score (nSPS) is 25.6. The van der Waals surface area contributed by atoms with Crippen LogP contribution in [0.25, 0.3) is 0 Å². The number of carbonyl (C=O) groups is 3. The molecule has 0 aromatic carbocycles. The van der Waals surface area contributed by atoms with Crippen LogP contribution >= 0.6 is 45.2 Å². The average molecular weight is 552 g/mol. The summed E-state index contributed by atoms with van der Waals surface area (Å²) in [6.07, 6.45) is -0.283. The van der Waals surface area contributed by atoms with Crippen LogP contribution < -0.4 is 0 Å². The third-order valence-electron chi connectivity index (χ3n) is 3.49. The summed E-state index contributed by atoms with van der Waals surface area (Å²) in [5.74, 6) is -2.44. The summed E-state index contributed by atoms with van der Waals surface area (Å²) in [5, 5.41) is 9.28. The highest BCUT2D eigenvalue weighted by Crippen LogP contribution is 2.32. The number of carboxylic acids is 1. The van der Waals surface area contributed by atoms with Gasteiger partial charge in [0.25, 0.3) is 0 Å². The lowest BCUT2D eigenvalue weighted by molar-refractivity contribution is -0.167. The van der Waals surface area contributed by atoms with E-state index in [0.717, 1.165) is 0 Å². The van der Waals surface area contributed by atoms with E-state index in [1.54, 1.807) is 27.7 Å². The smallest absolute Gasteiger partial charge is 0.321 e. The standard InChI is InChI=1S/C15H22I2O6/c1-14(2,16)12(20)22-9-5-8(11(18)19)6-10(7-9)23-13(21)15(3,4)17/h8-10H,5-7H2,1-4H3,(H,18,19). The number of alkyl halides is 2. The van der Waals surface area contributed by atoms with Crippen LogP contribution in [-0.2, 0) is 23.9 Å². The van der Waals surface area contributed by atoms with Crippen molar-refractivity contribution in [2.24, 2.45) is 5.92 Å². The molecule has 0 amide bonds. The van der Waals surface area contributed by atoms with E-state index in [4.69, 9.17) is 9.47 Å². The second-order valence-corrected chi connectivity index (χ2v) is 12.1. The molecule has 2 unspecified atom stereocenters. The van der Waals surface area contributed by atoms with Crippen LogP contribution in [0.2, 0.25) is 0 Å². The molecule has 132 valence electrons. The SMILES string of the molecule is CC(C)(I)C(=O)OC1CC(OC(=O)C(C)(C)I)CC(C(=O)O)C1. The average Bonchev–Trinajstić information content (AvgIpc) is 2.35. The molecule has 0 radical (unpaired) electrons. The number of ether oxygens (including phenoxy) is 2. The van der Waals surface area contributed by atoms with Gasteiger partial charge in [-0.15, -0.1) is 0 Å². The first kappa shape index (κ1) is 20.9. The molecule has 1 rings (SSSR count). The molecule has 0 aliphatic heterocycles. The lowest BCUT2D eigenvalue weighted by Crippen LogP contribution is -2.42. The van der Waals surface area contributed by atoms with E-state index in [9.17, 15) is 19.5 Å². The molecule has 23 heavy (non-hydrogen) atoms. The number of carboxylic acid groups (broad SMARTS) is 1. The zero-order valence-electron chi connectivity index (χ0n) is 13.6. The van der Waals surface area contributed by atoms with E-state index in [1.165, 1.54) is 0 Å². The number of aliphatic carboxylic acids is 1. The van der Waals surface area contributed by atoms with Gasteiger partial charge in [0.05, 0.1) is 5.92 Å². The Morgan fingerprint density at radius 1 is 0.870 bits per heavy atom. The third kappa shape index (κ3) is 6.71. The van der Waals surface area contributed by atoms with Gasteiger partial charge in [-0.25, -0.2) is 0 Å². The number of hydrogen-bond acceptors (Lipinski definition) is 5. The van der Waals surface area contributed by atoms with Gasteiger partial charge in [-0.2, -0.15) is 0 Å². The van der Waals surface area contributed by atoms with Crippen LogP contribution in [0.4, 0.5) is 0 Å². The minimum atomic E-state index is -0.964. The molecule has 1 aliphatic carbocycles. The first-order valence-electron chi connectivity index (χ1n) is 7.33. The number of hydrogen-bond donors (Lipinski definition) is 1. The summed E-state index contributed by atoms with van der Waals surface area (Å²) in [6, 6.07) is 0. The van der Waals surface area contributed by atoms with Gasteiger partial charge in [-0.3, -0.25) is 14.4 Å². The highest BCUT2D eigenvalue weighted by atomic mass is 127. The minimum Gasteiger partial charge on any atom is -0.481 e. The topological polar surface area (TPSA) is 89.9 Å². The van der Waals surface area contributed by atoms with Gasteiger partial charge in [0.15, 0.2) is 0 Å². The van der Waals surface area contributed by atoms with Crippen molar-refractivity contribution >= 4 is 63.1 Å². The van der Waals surface area contributed by atoms with Crippen LogP contribution in [0.5, 0.6) is 0 Å². The minimum absolute atomic E-state index is 0.246. The maximum atomic E-state index is 12.0. The summed E-state index contributed by atoms with van der Waals surface area (Å²) < 4.78 is 9.48. The van der Waals surface area contributed by atoms with Crippen LogP contribution in [0.3, 0.4) is 0 Å². The Bertz CT molecular complexity index is 441. The molecular formula is C15H22I2O6. The molecule has 6 nitrogen and oxygen atoms in total. The maximum absolute atomic E-state index is 12.0. The first-order valence-corrected chi connectivity index (χ1v) is 9.49. The van der Waals surface area contributed by atoms with Gasteiger partial charge >= 0.3 is 17.9 Å². The van der Waals surface area contributed by atoms with Crippen molar-refractivity contribution in [3.8, 4) is 0 Å². The molecule has 1 aliphatic rings. The predicted octanol–water partition coefficient (Wildman–Crippen LogP) is 3.12. The van der Waals surface area contributed by atoms with Crippen LogP contribution in [-0.4, -0.2) is 42.1 Å². The molecule has 8 heteroatoms. The van der Waals surface area contributed by atoms with Gasteiger partial charge in [0.1, 0.15) is 19.1 Å². The second-order valence-electron chi connectivity index (χ2n) is 6.74. The van der Waals surface area contributed by atoms with E-state index in [1.807, 2.05) is 45.2 Å². The van der Waals surface area contributed by atoms with Gasteiger partial charge in [-0.1, -0.05) is 45.2 Å². The van der Waals surface area contributed by atoms with E-state index in [0.29, 0.717) is 6.42 Å². The van der Waals surface area contributed by atoms with Crippen LogP contribution in [0.1, 0.15) is 47.0 Å². The van der Waals surface area contributed by atoms with Crippen molar-refractivity contribution in [2.45, 2.75) is 66.0 Å². The van der Waals surface area contributed by atoms with Crippen molar-refractivity contribution in [2.75, 3.05) is 0 Å². The summed E-state index contributed by atoms with van der Waals surface area (Å²) in [6.45, 7) is 6.90. The number of carbonyl (C=O) groups excluding carboxylic acids is 2. The van der Waals surface area contributed by atoms with Gasteiger partial charge in [0, 0.05) is 6.42 Å². The summed E-state index contributed by atoms with van der Waals surface area (Å²) >= 11 is 3.95. The maximum Gasteiger partial charge on any atom is 0.321 e. The van der Waals surface area contributed by atoms with Crippen molar-refractivity contribution in [3.05, 3.63) is 0 Å². The molecular weight excluding hydrogens is 530 g/mol. The molecule has 0 aromatic rings. The highest BCUT2D eigenvalue weighted by molar-refractivity contribution is 14.1. The Labute approximate surface area is 163 Å². The van der Waals surface area contributed by atoms with Gasteiger partial charge < -0.3 is 14.6 Å². The lowest BCUT2D eigenvalue weighted by Gasteiger charge is -2.34. The van der Waals surface area contributed by atoms with Crippen LogP contribution in [0, 0.1) is 5.92 Å². The zero-order valence-corrected chi connectivity index (χ0v) is 17.9. The fraction of sp³-hybridized carbons (Fsp3) is 0.800. The molecule has 0 bridgehead atoms. The summed E-state index contributed by atoms with van der Waals surface area (Å²) in [5.41, 5.74) is 0. The molecule has 0 spiro atoms. The second kappa shape index (κ2) is 7.83. The molecule has 2 atom stereocenters. The van der Waals surface area contributed by atoms with Crippen molar-refractivity contribution < 1.29 is 29.0 Å².